The second kappa shape index (κ2) is 10.8. The summed E-state index contributed by atoms with van der Waals surface area (Å²) in [6.07, 6.45) is 0. The third-order valence-corrected chi connectivity index (χ3v) is 8.42. The first-order valence-corrected chi connectivity index (χ1v) is 12.8. The van der Waals surface area contributed by atoms with E-state index in [-0.39, 0.29) is 22.8 Å². The van der Waals surface area contributed by atoms with Gasteiger partial charge in [0.05, 0.1) is 11.7 Å². The molecule has 0 bridgehead atoms. The monoisotopic (exact) mass is 487 g/mol. The van der Waals surface area contributed by atoms with Gasteiger partial charge in [0, 0.05) is 13.6 Å². The van der Waals surface area contributed by atoms with Gasteiger partial charge in [0.2, 0.25) is 0 Å². The van der Waals surface area contributed by atoms with Gasteiger partial charge in [-0.15, -0.1) is 11.3 Å². The molecule has 9 heteroatoms. The molecule has 0 fully saturated rings. The number of nitrogens with zero attached hydrogens (tertiary/aromatic N) is 2. The van der Waals surface area contributed by atoms with Crippen LogP contribution < -0.4 is 14.4 Å². The number of ether oxygens (including phenoxy) is 1. The molecule has 1 aromatic heterocycles. The van der Waals surface area contributed by atoms with Gasteiger partial charge in [0.1, 0.15) is 9.96 Å². The van der Waals surface area contributed by atoms with E-state index in [0.29, 0.717) is 18.0 Å². The van der Waals surface area contributed by atoms with Crippen LogP contribution in [0.2, 0.25) is 0 Å². The van der Waals surface area contributed by atoms with E-state index in [1.807, 2.05) is 21.0 Å². The van der Waals surface area contributed by atoms with Crippen molar-refractivity contribution < 1.29 is 17.9 Å². The lowest BCUT2D eigenvalue weighted by Gasteiger charge is -2.25. The standard InChI is InChI=1S/C24H29N3O4S2/c1-18-7-9-19(10-8-18)22(26(2)3)16-25-23(28)17-31-21-13-11-20(12-14-21)27(4)33(29,30)24-6-5-15-32-24/h5-15,22H,16-17H2,1-4H3,(H,25,28). The van der Waals surface area contributed by atoms with Gasteiger partial charge in [-0.2, -0.15) is 0 Å². The molecule has 0 radical (unpaired) electrons. The molecule has 1 amide bonds. The van der Waals surface area contributed by atoms with Gasteiger partial charge < -0.3 is 15.0 Å². The number of anilines is 1. The van der Waals surface area contributed by atoms with Crippen molar-refractivity contribution in [2.45, 2.75) is 17.2 Å². The summed E-state index contributed by atoms with van der Waals surface area (Å²) in [7, 11) is 1.87. The largest absolute Gasteiger partial charge is 0.484 e. The van der Waals surface area contributed by atoms with Gasteiger partial charge in [0.25, 0.3) is 15.9 Å². The van der Waals surface area contributed by atoms with Crippen LogP contribution >= 0.6 is 11.3 Å². The van der Waals surface area contributed by atoms with E-state index < -0.39 is 10.0 Å². The zero-order chi connectivity index (χ0) is 24.0. The van der Waals surface area contributed by atoms with Gasteiger partial charge >= 0.3 is 0 Å². The summed E-state index contributed by atoms with van der Waals surface area (Å²) in [5.41, 5.74) is 2.83. The summed E-state index contributed by atoms with van der Waals surface area (Å²) in [6, 6.07) is 18.2. The Morgan fingerprint density at radius 2 is 1.70 bits per heavy atom. The fourth-order valence-corrected chi connectivity index (χ4v) is 5.59. The number of rotatable bonds is 10. The van der Waals surface area contributed by atoms with Gasteiger partial charge in [-0.3, -0.25) is 9.10 Å². The van der Waals surface area contributed by atoms with Crippen molar-refractivity contribution in [1.82, 2.24) is 10.2 Å². The van der Waals surface area contributed by atoms with Crippen LogP contribution in [0.15, 0.2) is 70.3 Å². The van der Waals surface area contributed by atoms with Crippen LogP contribution in [-0.2, 0) is 14.8 Å². The van der Waals surface area contributed by atoms with Crippen LogP contribution in [0.3, 0.4) is 0 Å². The van der Waals surface area contributed by atoms with Crippen LogP contribution in [0.5, 0.6) is 5.75 Å². The Balaban J connectivity index is 1.53. The Kier molecular flexibility index (Phi) is 8.12. The van der Waals surface area contributed by atoms with E-state index in [0.717, 1.165) is 5.56 Å². The Hall–Kier alpha value is -2.88. The van der Waals surface area contributed by atoms with Gasteiger partial charge in [0.15, 0.2) is 6.61 Å². The number of aryl methyl sites for hydroxylation is 1. The lowest BCUT2D eigenvalue weighted by atomic mass is 10.0. The van der Waals surface area contributed by atoms with Gasteiger partial charge in [-0.25, -0.2) is 8.42 Å². The molecule has 1 heterocycles. The van der Waals surface area contributed by atoms with Crippen LogP contribution in [0, 0.1) is 6.92 Å². The fourth-order valence-electron chi connectivity index (χ4n) is 3.23. The minimum Gasteiger partial charge on any atom is -0.484 e. The van der Waals surface area contributed by atoms with E-state index in [4.69, 9.17) is 4.74 Å². The number of amides is 1. The third kappa shape index (κ3) is 6.34. The molecule has 0 spiro atoms. The van der Waals surface area contributed by atoms with Crippen molar-refractivity contribution in [2.24, 2.45) is 0 Å². The lowest BCUT2D eigenvalue weighted by molar-refractivity contribution is -0.123. The smallest absolute Gasteiger partial charge is 0.273 e. The molecule has 1 N–H and O–H groups in total. The molecule has 1 atom stereocenters. The Morgan fingerprint density at radius 3 is 2.27 bits per heavy atom. The number of hydrogen-bond donors (Lipinski definition) is 1. The van der Waals surface area contributed by atoms with Gasteiger partial charge in [-0.05, 0) is 62.3 Å². The van der Waals surface area contributed by atoms with Crippen molar-refractivity contribution in [3.63, 3.8) is 0 Å². The second-order valence-corrected chi connectivity index (χ2v) is 11.0. The maximum absolute atomic E-state index is 12.6. The van der Waals surface area contributed by atoms with Crippen LogP contribution in [-0.4, -0.2) is 53.5 Å². The molecule has 3 rings (SSSR count). The molecule has 33 heavy (non-hydrogen) atoms. The number of carbonyl (C=O) groups excluding carboxylic acids is 1. The molecule has 1 unspecified atom stereocenters. The van der Waals surface area contributed by atoms with Crippen molar-refractivity contribution in [1.29, 1.82) is 0 Å². The first kappa shape index (κ1) is 24.8. The normalized spacial score (nSPS) is 12.4. The Bertz CT molecular complexity index is 1140. The molecule has 0 aliphatic heterocycles. The summed E-state index contributed by atoms with van der Waals surface area (Å²) >= 11 is 1.17. The number of thiophene rings is 1. The molecular weight excluding hydrogens is 458 g/mol. The number of carbonyl (C=O) groups is 1. The van der Waals surface area contributed by atoms with E-state index in [9.17, 15) is 13.2 Å². The molecule has 0 aliphatic rings. The summed E-state index contributed by atoms with van der Waals surface area (Å²) in [6.45, 7) is 2.38. The summed E-state index contributed by atoms with van der Waals surface area (Å²) < 4.78 is 32.4. The molecule has 0 saturated carbocycles. The molecule has 0 aliphatic carbocycles. The number of likely N-dealkylation sites (N-methyl/N-ethyl adjacent to an activating group) is 1. The maximum Gasteiger partial charge on any atom is 0.273 e. The highest BCUT2D eigenvalue weighted by Gasteiger charge is 2.22. The number of nitrogens with one attached hydrogen (secondary N) is 1. The second-order valence-electron chi connectivity index (χ2n) is 7.88. The van der Waals surface area contributed by atoms with E-state index in [1.165, 1.54) is 28.3 Å². The molecule has 3 aromatic rings. The van der Waals surface area contributed by atoms with Crippen LogP contribution in [0.25, 0.3) is 0 Å². The quantitative estimate of drug-likeness (QED) is 0.472. The van der Waals surface area contributed by atoms with E-state index >= 15 is 0 Å². The summed E-state index contributed by atoms with van der Waals surface area (Å²) in [5, 5.41) is 4.65. The highest BCUT2D eigenvalue weighted by molar-refractivity contribution is 7.94. The summed E-state index contributed by atoms with van der Waals surface area (Å²) in [4.78, 5) is 14.4. The van der Waals surface area contributed by atoms with Crippen molar-refractivity contribution in [2.75, 3.05) is 38.6 Å². The Morgan fingerprint density at radius 1 is 1.03 bits per heavy atom. The third-order valence-electron chi connectivity index (χ3n) is 5.26. The highest BCUT2D eigenvalue weighted by Crippen LogP contribution is 2.26. The molecule has 176 valence electrons. The SMILES string of the molecule is Cc1ccc(C(CNC(=O)COc2ccc(N(C)S(=O)(=O)c3cccs3)cc2)N(C)C)cc1. The molecular formula is C24H29N3O4S2. The number of benzene rings is 2. The van der Waals surface area contributed by atoms with Crippen molar-refractivity contribution in [3.05, 3.63) is 77.2 Å². The average molecular weight is 488 g/mol. The minimum absolute atomic E-state index is 0.0506. The van der Waals surface area contributed by atoms with E-state index in [2.05, 4.69) is 34.5 Å². The maximum atomic E-state index is 12.6. The van der Waals surface area contributed by atoms with Crippen LogP contribution in [0.1, 0.15) is 17.2 Å². The number of sulfonamides is 1. The van der Waals surface area contributed by atoms with Crippen molar-refractivity contribution >= 4 is 33.0 Å². The molecule has 2 aromatic carbocycles. The first-order valence-electron chi connectivity index (χ1n) is 10.4. The molecule has 7 nitrogen and oxygen atoms in total. The topological polar surface area (TPSA) is 79.0 Å². The minimum atomic E-state index is -3.59. The predicted molar refractivity (Wildman–Crippen MR) is 132 cm³/mol. The van der Waals surface area contributed by atoms with E-state index in [1.54, 1.807) is 41.8 Å². The Labute approximate surface area is 199 Å². The predicted octanol–water partition coefficient (Wildman–Crippen LogP) is 3.68. The summed E-state index contributed by atoms with van der Waals surface area (Å²) in [5.74, 6) is 0.258. The zero-order valence-corrected chi connectivity index (χ0v) is 20.8. The molecule has 0 saturated heterocycles. The zero-order valence-electron chi connectivity index (χ0n) is 19.2. The lowest BCUT2D eigenvalue weighted by Crippen LogP contribution is -2.36. The first-order chi connectivity index (χ1) is 15.7. The van der Waals surface area contributed by atoms with Gasteiger partial charge in [-0.1, -0.05) is 35.9 Å². The average Bonchev–Trinajstić information content (AvgIpc) is 3.34. The number of hydrogen-bond acceptors (Lipinski definition) is 6. The van der Waals surface area contributed by atoms with Crippen molar-refractivity contribution in [3.8, 4) is 5.75 Å². The fraction of sp³-hybridized carbons (Fsp3) is 0.292. The highest BCUT2D eigenvalue weighted by atomic mass is 32.2. The van der Waals surface area contributed by atoms with Crippen LogP contribution in [0.4, 0.5) is 5.69 Å².